The van der Waals surface area contributed by atoms with Gasteiger partial charge in [0.1, 0.15) is 11.3 Å². The van der Waals surface area contributed by atoms with Gasteiger partial charge in [0, 0.05) is 23.1 Å². The van der Waals surface area contributed by atoms with Gasteiger partial charge in [0.2, 0.25) is 0 Å². The molecule has 0 saturated carbocycles. The highest BCUT2D eigenvalue weighted by molar-refractivity contribution is 5.96. The lowest BCUT2D eigenvalue weighted by Crippen LogP contribution is -2.06. The maximum atomic E-state index is 11.6. The number of carboxylic acids is 1. The van der Waals surface area contributed by atoms with Crippen molar-refractivity contribution >= 4 is 28.0 Å². The van der Waals surface area contributed by atoms with Crippen molar-refractivity contribution in [3.8, 4) is 11.3 Å². The average Bonchev–Trinajstić information content (AvgIpc) is 3.16. The summed E-state index contributed by atoms with van der Waals surface area (Å²) in [5, 5.41) is 10.5. The third kappa shape index (κ3) is 3.74. The summed E-state index contributed by atoms with van der Waals surface area (Å²) in [5.41, 5.74) is 7.49. The Hall–Kier alpha value is -4.06. The third-order valence-electron chi connectivity index (χ3n) is 5.95. The van der Waals surface area contributed by atoms with Crippen molar-refractivity contribution in [2.24, 2.45) is 0 Å². The second-order valence-electron chi connectivity index (χ2n) is 8.29. The van der Waals surface area contributed by atoms with Crippen molar-refractivity contribution in [2.75, 3.05) is 0 Å². The first-order valence-corrected chi connectivity index (χ1v) is 11.0. The van der Waals surface area contributed by atoms with Crippen LogP contribution in [0, 0.1) is 13.8 Å². The van der Waals surface area contributed by atoms with Crippen LogP contribution in [0.3, 0.4) is 0 Å². The Kier molecular flexibility index (Phi) is 5.13. The van der Waals surface area contributed by atoms with Gasteiger partial charge in [-0.25, -0.2) is 19.7 Å². The molecule has 0 fully saturated rings. The zero-order chi connectivity index (χ0) is 23.1. The van der Waals surface area contributed by atoms with Gasteiger partial charge in [-0.3, -0.25) is 0 Å². The number of aromatic nitrogens is 4. The van der Waals surface area contributed by atoms with Gasteiger partial charge in [0.25, 0.3) is 0 Å². The second-order valence-corrected chi connectivity index (χ2v) is 8.29. The number of aromatic carboxylic acids is 1. The first kappa shape index (κ1) is 20.8. The summed E-state index contributed by atoms with van der Waals surface area (Å²) in [6, 6.07) is 19.1. The summed E-state index contributed by atoms with van der Waals surface area (Å²) in [5.74, 6) is 0.0614. The Morgan fingerprint density at radius 1 is 0.970 bits per heavy atom. The minimum Gasteiger partial charge on any atom is -0.478 e. The van der Waals surface area contributed by atoms with E-state index in [1.54, 1.807) is 18.2 Å². The molecule has 1 N–H and O–H groups in total. The van der Waals surface area contributed by atoms with E-state index in [9.17, 15) is 9.90 Å². The number of nitrogens with zero attached hydrogens (tertiary/aromatic N) is 4. The van der Waals surface area contributed by atoms with Gasteiger partial charge in [0.15, 0.2) is 5.65 Å². The topological polar surface area (TPSA) is 80.9 Å². The molecule has 0 bridgehead atoms. The lowest BCUT2D eigenvalue weighted by atomic mass is 10.0. The SMILES string of the molecule is CCc1nc2c(C)cc(C)nc2n1Cc1ccc2nc(-c3ccccc3C(=O)O)ccc2c1. The summed E-state index contributed by atoms with van der Waals surface area (Å²) in [6.45, 7) is 6.88. The number of fused-ring (bicyclic) bond motifs is 2. The summed E-state index contributed by atoms with van der Waals surface area (Å²) in [4.78, 5) is 25.9. The third-order valence-corrected chi connectivity index (χ3v) is 5.95. The number of pyridine rings is 2. The fourth-order valence-electron chi connectivity index (χ4n) is 4.38. The highest BCUT2D eigenvalue weighted by Gasteiger charge is 2.15. The zero-order valence-corrected chi connectivity index (χ0v) is 18.8. The summed E-state index contributed by atoms with van der Waals surface area (Å²) in [6.07, 6.45) is 0.830. The molecule has 33 heavy (non-hydrogen) atoms. The lowest BCUT2D eigenvalue weighted by molar-refractivity contribution is 0.0697. The van der Waals surface area contributed by atoms with Crippen LogP contribution in [-0.2, 0) is 13.0 Å². The van der Waals surface area contributed by atoms with Crippen molar-refractivity contribution in [3.05, 3.63) is 88.9 Å². The summed E-state index contributed by atoms with van der Waals surface area (Å²) >= 11 is 0. The molecule has 6 heteroatoms. The second kappa shape index (κ2) is 8.13. The summed E-state index contributed by atoms with van der Waals surface area (Å²) < 4.78 is 2.20. The van der Waals surface area contributed by atoms with Crippen LogP contribution in [0.15, 0.2) is 60.7 Å². The van der Waals surface area contributed by atoms with E-state index in [0.717, 1.165) is 51.1 Å². The van der Waals surface area contributed by atoms with E-state index in [2.05, 4.69) is 36.6 Å². The first-order chi connectivity index (χ1) is 15.9. The number of hydrogen-bond acceptors (Lipinski definition) is 4. The molecule has 164 valence electrons. The van der Waals surface area contributed by atoms with Gasteiger partial charge in [-0.15, -0.1) is 0 Å². The number of benzene rings is 2. The average molecular weight is 437 g/mol. The molecule has 0 aliphatic heterocycles. The van der Waals surface area contributed by atoms with E-state index in [1.165, 1.54) is 0 Å². The molecular formula is C27H24N4O2. The molecule has 0 amide bonds. The number of imidazole rings is 1. The van der Waals surface area contributed by atoms with Gasteiger partial charge in [-0.2, -0.15) is 0 Å². The molecule has 0 aliphatic carbocycles. The summed E-state index contributed by atoms with van der Waals surface area (Å²) in [7, 11) is 0. The van der Waals surface area contributed by atoms with E-state index in [4.69, 9.17) is 15.0 Å². The molecule has 2 aromatic carbocycles. The highest BCUT2D eigenvalue weighted by Crippen LogP contribution is 2.26. The number of rotatable bonds is 5. The predicted molar refractivity (Wildman–Crippen MR) is 130 cm³/mol. The first-order valence-electron chi connectivity index (χ1n) is 11.0. The van der Waals surface area contributed by atoms with Crippen molar-refractivity contribution in [1.29, 1.82) is 0 Å². The minimum absolute atomic E-state index is 0.248. The molecule has 0 aliphatic rings. The van der Waals surface area contributed by atoms with Gasteiger partial charge in [0.05, 0.1) is 23.3 Å². The quantitative estimate of drug-likeness (QED) is 0.389. The number of carbonyl (C=O) groups is 1. The Bertz CT molecular complexity index is 1530. The molecule has 0 saturated heterocycles. The van der Waals surface area contributed by atoms with Crippen molar-refractivity contribution in [2.45, 2.75) is 33.7 Å². The molecule has 0 spiro atoms. The molecular weight excluding hydrogens is 412 g/mol. The van der Waals surface area contributed by atoms with E-state index >= 15 is 0 Å². The number of hydrogen-bond donors (Lipinski definition) is 1. The molecule has 3 heterocycles. The van der Waals surface area contributed by atoms with Crippen LogP contribution in [0.4, 0.5) is 0 Å². The van der Waals surface area contributed by atoms with Crippen molar-refractivity contribution in [1.82, 2.24) is 19.5 Å². The van der Waals surface area contributed by atoms with E-state index in [0.29, 0.717) is 17.8 Å². The smallest absolute Gasteiger partial charge is 0.336 e. The highest BCUT2D eigenvalue weighted by atomic mass is 16.4. The van der Waals surface area contributed by atoms with Gasteiger partial charge in [-0.05, 0) is 55.3 Å². The maximum absolute atomic E-state index is 11.6. The Balaban J connectivity index is 1.54. The van der Waals surface area contributed by atoms with Crippen LogP contribution in [0.5, 0.6) is 0 Å². The molecule has 6 nitrogen and oxygen atoms in total. The molecule has 3 aromatic heterocycles. The van der Waals surface area contributed by atoms with Crippen molar-refractivity contribution < 1.29 is 9.90 Å². The lowest BCUT2D eigenvalue weighted by Gasteiger charge is -2.10. The van der Waals surface area contributed by atoms with Crippen LogP contribution in [0.1, 0.15) is 39.9 Å². The van der Waals surface area contributed by atoms with Crippen LogP contribution >= 0.6 is 0 Å². The van der Waals surface area contributed by atoms with Gasteiger partial charge < -0.3 is 9.67 Å². The normalized spacial score (nSPS) is 11.4. The van der Waals surface area contributed by atoms with E-state index < -0.39 is 5.97 Å². The predicted octanol–water partition coefficient (Wildman–Crippen LogP) is 5.57. The van der Waals surface area contributed by atoms with Crippen LogP contribution in [-0.4, -0.2) is 30.6 Å². The van der Waals surface area contributed by atoms with Crippen molar-refractivity contribution in [3.63, 3.8) is 0 Å². The standard InChI is InChI=1S/C27H24N4O2/c1-4-24-30-25-16(2)13-17(3)28-26(25)31(24)15-18-9-11-22-19(14-18)10-12-23(29-22)20-7-5-6-8-21(20)27(32)33/h5-14H,4,15H2,1-3H3,(H,32,33). The fraction of sp³-hybridized carbons (Fsp3) is 0.185. The largest absolute Gasteiger partial charge is 0.478 e. The Morgan fingerprint density at radius 3 is 2.58 bits per heavy atom. The van der Waals surface area contributed by atoms with Gasteiger partial charge >= 0.3 is 5.97 Å². The fourth-order valence-corrected chi connectivity index (χ4v) is 4.38. The van der Waals surface area contributed by atoms with Gasteiger partial charge in [-0.1, -0.05) is 37.3 Å². The molecule has 5 rings (SSSR count). The molecule has 0 atom stereocenters. The van der Waals surface area contributed by atoms with E-state index in [1.807, 2.05) is 31.2 Å². The Morgan fingerprint density at radius 2 is 1.79 bits per heavy atom. The molecule has 5 aromatic rings. The Labute approximate surface area is 191 Å². The number of aryl methyl sites for hydroxylation is 3. The maximum Gasteiger partial charge on any atom is 0.336 e. The van der Waals surface area contributed by atoms with Crippen LogP contribution in [0.25, 0.3) is 33.3 Å². The zero-order valence-electron chi connectivity index (χ0n) is 18.8. The minimum atomic E-state index is -0.957. The van der Waals surface area contributed by atoms with Crippen LogP contribution < -0.4 is 0 Å². The number of carboxylic acid groups (broad SMARTS) is 1. The monoisotopic (exact) mass is 436 g/mol. The molecule has 0 radical (unpaired) electrons. The van der Waals surface area contributed by atoms with Crippen LogP contribution in [0.2, 0.25) is 0 Å². The molecule has 0 unspecified atom stereocenters. The van der Waals surface area contributed by atoms with E-state index in [-0.39, 0.29) is 5.56 Å².